The molecule has 1 heterocycles. The Hall–Kier alpha value is -4.23. The van der Waals surface area contributed by atoms with Crippen LogP contribution in [-0.4, -0.2) is 4.98 Å². The third-order valence-electron chi connectivity index (χ3n) is 6.06. The van der Waals surface area contributed by atoms with Crippen molar-refractivity contribution < 1.29 is 0 Å². The first-order valence-corrected chi connectivity index (χ1v) is 10.9. The molecule has 0 fully saturated rings. The van der Waals surface area contributed by atoms with Gasteiger partial charge >= 0.3 is 0 Å². The van der Waals surface area contributed by atoms with Crippen LogP contribution >= 0.6 is 0 Å². The molecule has 150 valence electrons. The molecular formula is C31H21N. The van der Waals surface area contributed by atoms with E-state index in [0.717, 1.165) is 16.8 Å². The molecule has 0 spiro atoms. The second kappa shape index (κ2) is 7.79. The zero-order valence-electron chi connectivity index (χ0n) is 17.6. The van der Waals surface area contributed by atoms with Gasteiger partial charge in [-0.25, -0.2) is 4.98 Å². The van der Waals surface area contributed by atoms with Gasteiger partial charge in [0.05, 0.1) is 11.2 Å². The largest absolute Gasteiger partial charge is 0.248 e. The average molecular weight is 408 g/mol. The first-order chi connectivity index (χ1) is 15.8. The van der Waals surface area contributed by atoms with Crippen molar-refractivity contribution in [3.63, 3.8) is 0 Å². The van der Waals surface area contributed by atoms with E-state index in [2.05, 4.69) is 115 Å². The molecule has 0 aliphatic carbocycles. The van der Waals surface area contributed by atoms with E-state index in [4.69, 9.17) is 4.98 Å². The Morgan fingerprint density at radius 1 is 0.344 bits per heavy atom. The van der Waals surface area contributed by atoms with Gasteiger partial charge in [0.15, 0.2) is 0 Å². The fourth-order valence-corrected chi connectivity index (χ4v) is 4.30. The summed E-state index contributed by atoms with van der Waals surface area (Å²) in [7, 11) is 0. The van der Waals surface area contributed by atoms with Gasteiger partial charge in [-0.1, -0.05) is 103 Å². The smallest absolute Gasteiger partial charge is 0.0709 e. The SMILES string of the molecule is c1ccc(-c2ccc(-c3ccc4cc(-c5ccc6ccccc6n5)ccc4c3)cc2)cc1. The minimum Gasteiger partial charge on any atom is -0.248 e. The molecule has 6 aromatic rings. The molecule has 0 bridgehead atoms. The number of hydrogen-bond donors (Lipinski definition) is 0. The molecule has 0 atom stereocenters. The van der Waals surface area contributed by atoms with E-state index in [1.165, 1.54) is 38.4 Å². The lowest BCUT2D eigenvalue weighted by molar-refractivity contribution is 1.40. The Labute approximate surface area is 187 Å². The summed E-state index contributed by atoms with van der Waals surface area (Å²) in [6.07, 6.45) is 0. The molecule has 0 unspecified atom stereocenters. The standard InChI is InChI=1S/C31H21N/c1-2-6-22(7-3-1)23-10-12-24(13-11-23)26-14-15-28-21-29(17-16-27(28)20-26)31-19-18-25-8-4-5-9-30(25)32-31/h1-21H. The van der Waals surface area contributed by atoms with Gasteiger partial charge in [-0.2, -0.15) is 0 Å². The molecule has 1 heteroatoms. The maximum Gasteiger partial charge on any atom is 0.0709 e. The lowest BCUT2D eigenvalue weighted by Gasteiger charge is -2.08. The lowest BCUT2D eigenvalue weighted by Crippen LogP contribution is -1.86. The van der Waals surface area contributed by atoms with E-state index in [0.29, 0.717) is 0 Å². The van der Waals surface area contributed by atoms with Crippen LogP contribution in [0.3, 0.4) is 0 Å². The summed E-state index contributed by atoms with van der Waals surface area (Å²) in [5.41, 5.74) is 8.12. The Morgan fingerprint density at radius 2 is 0.875 bits per heavy atom. The molecule has 1 nitrogen and oxygen atoms in total. The summed E-state index contributed by atoms with van der Waals surface area (Å²) in [6.45, 7) is 0. The number of aromatic nitrogens is 1. The van der Waals surface area contributed by atoms with Crippen LogP contribution in [0, 0.1) is 0 Å². The number of para-hydroxylation sites is 1. The van der Waals surface area contributed by atoms with Crippen LogP contribution in [0.1, 0.15) is 0 Å². The van der Waals surface area contributed by atoms with Gasteiger partial charge in [-0.15, -0.1) is 0 Å². The van der Waals surface area contributed by atoms with Crippen LogP contribution in [0.5, 0.6) is 0 Å². The normalized spacial score (nSPS) is 11.1. The van der Waals surface area contributed by atoms with Gasteiger partial charge < -0.3 is 0 Å². The van der Waals surface area contributed by atoms with E-state index < -0.39 is 0 Å². The van der Waals surface area contributed by atoms with Crippen molar-refractivity contribution in [1.82, 2.24) is 4.98 Å². The van der Waals surface area contributed by atoms with E-state index in [1.54, 1.807) is 0 Å². The lowest BCUT2D eigenvalue weighted by atomic mass is 9.97. The van der Waals surface area contributed by atoms with Crippen LogP contribution in [0.25, 0.3) is 55.2 Å². The molecule has 32 heavy (non-hydrogen) atoms. The summed E-state index contributed by atoms with van der Waals surface area (Å²) in [6, 6.07) is 45.1. The van der Waals surface area contributed by atoms with Crippen molar-refractivity contribution in [2.24, 2.45) is 0 Å². The maximum absolute atomic E-state index is 4.85. The van der Waals surface area contributed by atoms with Gasteiger partial charge in [0.25, 0.3) is 0 Å². The topological polar surface area (TPSA) is 12.9 Å². The third kappa shape index (κ3) is 3.44. The van der Waals surface area contributed by atoms with Crippen molar-refractivity contribution >= 4 is 21.7 Å². The second-order valence-corrected chi connectivity index (χ2v) is 8.11. The molecule has 6 rings (SSSR count). The number of benzene rings is 5. The van der Waals surface area contributed by atoms with Crippen molar-refractivity contribution in [3.8, 4) is 33.5 Å². The highest BCUT2D eigenvalue weighted by atomic mass is 14.7. The van der Waals surface area contributed by atoms with Crippen LogP contribution in [0.4, 0.5) is 0 Å². The molecule has 0 saturated heterocycles. The van der Waals surface area contributed by atoms with Gasteiger partial charge in [-0.05, 0) is 57.3 Å². The zero-order valence-corrected chi connectivity index (χ0v) is 17.6. The molecule has 5 aromatic carbocycles. The maximum atomic E-state index is 4.85. The molecular weight excluding hydrogens is 386 g/mol. The molecule has 0 aliphatic heterocycles. The highest BCUT2D eigenvalue weighted by Gasteiger charge is 2.05. The summed E-state index contributed by atoms with van der Waals surface area (Å²) < 4.78 is 0. The van der Waals surface area contributed by atoms with Crippen molar-refractivity contribution in [2.75, 3.05) is 0 Å². The first kappa shape index (κ1) is 18.5. The number of hydrogen-bond acceptors (Lipinski definition) is 1. The molecule has 0 amide bonds. The minimum atomic E-state index is 1.01. The quantitative estimate of drug-likeness (QED) is 0.287. The zero-order chi connectivity index (χ0) is 21.3. The summed E-state index contributed by atoms with van der Waals surface area (Å²) in [5, 5.41) is 3.63. The highest BCUT2D eigenvalue weighted by molar-refractivity contribution is 5.91. The summed E-state index contributed by atoms with van der Waals surface area (Å²) in [5.74, 6) is 0. The molecule has 0 saturated carbocycles. The monoisotopic (exact) mass is 407 g/mol. The fourth-order valence-electron chi connectivity index (χ4n) is 4.30. The first-order valence-electron chi connectivity index (χ1n) is 10.9. The van der Waals surface area contributed by atoms with E-state index >= 15 is 0 Å². The van der Waals surface area contributed by atoms with Crippen molar-refractivity contribution in [1.29, 1.82) is 0 Å². The Balaban J connectivity index is 1.33. The molecule has 0 radical (unpaired) electrons. The average Bonchev–Trinajstić information content (AvgIpc) is 2.88. The highest BCUT2D eigenvalue weighted by Crippen LogP contribution is 2.30. The van der Waals surface area contributed by atoms with Crippen LogP contribution < -0.4 is 0 Å². The van der Waals surface area contributed by atoms with Gasteiger partial charge in [0.1, 0.15) is 0 Å². The van der Waals surface area contributed by atoms with Gasteiger partial charge in [0, 0.05) is 10.9 Å². The number of pyridine rings is 1. The van der Waals surface area contributed by atoms with Crippen LogP contribution in [0.15, 0.2) is 127 Å². The van der Waals surface area contributed by atoms with Gasteiger partial charge in [0.2, 0.25) is 0 Å². The Kier molecular flexibility index (Phi) is 4.51. The Morgan fingerprint density at radius 3 is 1.66 bits per heavy atom. The van der Waals surface area contributed by atoms with E-state index in [1.807, 2.05) is 12.1 Å². The second-order valence-electron chi connectivity index (χ2n) is 8.11. The predicted octanol–water partition coefficient (Wildman–Crippen LogP) is 8.39. The molecule has 1 aromatic heterocycles. The van der Waals surface area contributed by atoms with Crippen molar-refractivity contribution in [3.05, 3.63) is 127 Å². The minimum absolute atomic E-state index is 1.01. The molecule has 0 N–H and O–H groups in total. The van der Waals surface area contributed by atoms with Crippen molar-refractivity contribution in [2.45, 2.75) is 0 Å². The predicted molar refractivity (Wildman–Crippen MR) is 136 cm³/mol. The number of nitrogens with zero attached hydrogens (tertiary/aromatic N) is 1. The van der Waals surface area contributed by atoms with Gasteiger partial charge in [-0.3, -0.25) is 0 Å². The van der Waals surface area contributed by atoms with E-state index in [-0.39, 0.29) is 0 Å². The number of fused-ring (bicyclic) bond motifs is 2. The van der Waals surface area contributed by atoms with Crippen LogP contribution in [-0.2, 0) is 0 Å². The molecule has 0 aliphatic rings. The third-order valence-corrected chi connectivity index (χ3v) is 6.06. The summed E-state index contributed by atoms with van der Waals surface area (Å²) in [4.78, 5) is 4.85. The summed E-state index contributed by atoms with van der Waals surface area (Å²) >= 11 is 0. The Bertz CT molecular complexity index is 1550. The fraction of sp³-hybridized carbons (Fsp3) is 0. The van der Waals surface area contributed by atoms with E-state index in [9.17, 15) is 0 Å². The number of rotatable bonds is 3. The van der Waals surface area contributed by atoms with Crippen LogP contribution in [0.2, 0.25) is 0 Å².